The van der Waals surface area contributed by atoms with Crippen molar-refractivity contribution in [1.82, 2.24) is 24.6 Å². The zero-order valence-electron chi connectivity index (χ0n) is 16.1. The molecular formula is C19H25N5O4. The summed E-state index contributed by atoms with van der Waals surface area (Å²) in [5.74, 6) is 2.93. The van der Waals surface area contributed by atoms with Crippen molar-refractivity contribution in [2.45, 2.75) is 31.7 Å². The maximum Gasteiger partial charge on any atom is 0.260 e. The van der Waals surface area contributed by atoms with Crippen molar-refractivity contribution in [3.05, 3.63) is 35.9 Å². The Hall–Kier alpha value is -2.65. The van der Waals surface area contributed by atoms with E-state index in [4.69, 9.17) is 9.47 Å². The molecule has 2 aliphatic rings. The number of carbonyl (C=O) groups excluding carboxylic acids is 1. The topological polar surface area (TPSA) is 93.0 Å². The molecule has 2 atom stereocenters. The van der Waals surface area contributed by atoms with E-state index in [-0.39, 0.29) is 24.7 Å². The van der Waals surface area contributed by atoms with Gasteiger partial charge in [-0.05, 0) is 37.7 Å². The van der Waals surface area contributed by atoms with Crippen LogP contribution in [0.1, 0.15) is 24.1 Å². The van der Waals surface area contributed by atoms with Crippen molar-refractivity contribution in [2.24, 2.45) is 0 Å². The Morgan fingerprint density at radius 1 is 1.21 bits per heavy atom. The second kappa shape index (κ2) is 7.76. The number of benzene rings is 1. The SMILES string of the molecule is COc1ccc(OCC(=O)N2CCn3c(nnc3[C@@H]3C[C@@H](O)CN3C)C2)cc1. The van der Waals surface area contributed by atoms with Crippen LogP contribution >= 0.6 is 0 Å². The summed E-state index contributed by atoms with van der Waals surface area (Å²) in [6, 6.07) is 7.20. The highest BCUT2D eigenvalue weighted by Crippen LogP contribution is 2.30. The van der Waals surface area contributed by atoms with Gasteiger partial charge in [-0.25, -0.2) is 0 Å². The summed E-state index contributed by atoms with van der Waals surface area (Å²) in [6.07, 6.45) is 0.326. The first-order chi connectivity index (χ1) is 13.5. The molecule has 2 aromatic rings. The highest BCUT2D eigenvalue weighted by molar-refractivity contribution is 5.77. The normalized spacial score (nSPS) is 22.2. The number of ether oxygens (including phenoxy) is 2. The van der Waals surface area contributed by atoms with Gasteiger partial charge in [0.15, 0.2) is 18.3 Å². The van der Waals surface area contributed by atoms with Crippen LogP contribution in [0.15, 0.2) is 24.3 Å². The number of hydrogen-bond acceptors (Lipinski definition) is 7. The average molecular weight is 387 g/mol. The van der Waals surface area contributed by atoms with Crippen LogP contribution in [0, 0.1) is 0 Å². The number of methoxy groups -OCH3 is 1. The smallest absolute Gasteiger partial charge is 0.260 e. The second-order valence-electron chi connectivity index (χ2n) is 7.25. The van der Waals surface area contributed by atoms with Gasteiger partial charge >= 0.3 is 0 Å². The van der Waals surface area contributed by atoms with Crippen molar-refractivity contribution in [3.8, 4) is 11.5 Å². The summed E-state index contributed by atoms with van der Waals surface area (Å²) < 4.78 is 12.8. The number of likely N-dealkylation sites (tertiary alicyclic amines) is 1. The summed E-state index contributed by atoms with van der Waals surface area (Å²) >= 11 is 0. The lowest BCUT2D eigenvalue weighted by Crippen LogP contribution is -2.41. The van der Waals surface area contributed by atoms with Crippen molar-refractivity contribution < 1.29 is 19.4 Å². The molecule has 1 amide bonds. The number of amides is 1. The first-order valence-electron chi connectivity index (χ1n) is 9.40. The van der Waals surface area contributed by atoms with Crippen LogP contribution in [0.3, 0.4) is 0 Å². The fourth-order valence-electron chi connectivity index (χ4n) is 3.82. The summed E-state index contributed by atoms with van der Waals surface area (Å²) in [5, 5.41) is 18.5. The van der Waals surface area contributed by atoms with Crippen LogP contribution in [0.5, 0.6) is 11.5 Å². The highest BCUT2D eigenvalue weighted by atomic mass is 16.5. The maximum absolute atomic E-state index is 12.5. The van der Waals surface area contributed by atoms with E-state index in [0.717, 1.165) is 17.4 Å². The van der Waals surface area contributed by atoms with Crippen LogP contribution in [-0.4, -0.2) is 75.5 Å². The van der Waals surface area contributed by atoms with Crippen LogP contribution in [-0.2, 0) is 17.9 Å². The monoisotopic (exact) mass is 387 g/mol. The number of fused-ring (bicyclic) bond motifs is 1. The van der Waals surface area contributed by atoms with E-state index in [2.05, 4.69) is 19.7 Å². The largest absolute Gasteiger partial charge is 0.497 e. The molecule has 2 aliphatic heterocycles. The van der Waals surface area contributed by atoms with Crippen LogP contribution in [0.2, 0.25) is 0 Å². The quantitative estimate of drug-likeness (QED) is 0.796. The number of aliphatic hydroxyl groups is 1. The molecule has 28 heavy (non-hydrogen) atoms. The summed E-state index contributed by atoms with van der Waals surface area (Å²) in [6.45, 7) is 2.26. The second-order valence-corrected chi connectivity index (χ2v) is 7.25. The third-order valence-electron chi connectivity index (χ3n) is 5.38. The van der Waals surface area contributed by atoms with Gasteiger partial charge in [-0.15, -0.1) is 10.2 Å². The molecule has 1 saturated heterocycles. The maximum atomic E-state index is 12.5. The Morgan fingerprint density at radius 3 is 2.64 bits per heavy atom. The third kappa shape index (κ3) is 3.67. The van der Waals surface area contributed by atoms with Gasteiger partial charge < -0.3 is 24.0 Å². The molecular weight excluding hydrogens is 362 g/mol. The lowest BCUT2D eigenvalue weighted by Gasteiger charge is -2.29. The number of aromatic nitrogens is 3. The Balaban J connectivity index is 1.36. The number of β-amino-alcohol motifs (C(OH)–C–C–N with tert-alkyl or cyclic N) is 1. The van der Waals surface area contributed by atoms with E-state index in [1.165, 1.54) is 0 Å². The van der Waals surface area contributed by atoms with Gasteiger partial charge in [-0.3, -0.25) is 9.69 Å². The zero-order chi connectivity index (χ0) is 19.7. The molecule has 150 valence electrons. The number of hydrogen-bond donors (Lipinski definition) is 1. The predicted octanol–water partition coefficient (Wildman–Crippen LogP) is 0.445. The number of rotatable bonds is 5. The minimum atomic E-state index is -0.334. The molecule has 9 nitrogen and oxygen atoms in total. The molecule has 0 spiro atoms. The van der Waals surface area contributed by atoms with Crippen molar-refractivity contribution in [1.29, 1.82) is 0 Å². The lowest BCUT2D eigenvalue weighted by atomic mass is 10.2. The van der Waals surface area contributed by atoms with E-state index in [9.17, 15) is 9.90 Å². The predicted molar refractivity (Wildman–Crippen MR) is 99.9 cm³/mol. The van der Waals surface area contributed by atoms with E-state index in [0.29, 0.717) is 38.3 Å². The summed E-state index contributed by atoms with van der Waals surface area (Å²) in [4.78, 5) is 16.4. The first-order valence-corrected chi connectivity index (χ1v) is 9.40. The molecule has 3 heterocycles. The fourth-order valence-corrected chi connectivity index (χ4v) is 3.82. The molecule has 0 saturated carbocycles. The van der Waals surface area contributed by atoms with Crippen LogP contribution in [0.4, 0.5) is 0 Å². The van der Waals surface area contributed by atoms with Crippen molar-refractivity contribution in [3.63, 3.8) is 0 Å². The molecule has 1 aromatic carbocycles. The molecule has 9 heteroatoms. The van der Waals surface area contributed by atoms with E-state index < -0.39 is 0 Å². The standard InChI is InChI=1S/C19H25N5O4/c1-22-10-13(25)9-16(22)19-21-20-17-11-23(7-8-24(17)19)18(26)12-28-15-5-3-14(27-2)4-6-15/h3-6,13,16,25H,7-12H2,1-2H3/t13-,16+/m1/s1. The molecule has 0 aliphatic carbocycles. The molecule has 1 N–H and O–H groups in total. The number of likely N-dealkylation sites (N-methyl/N-ethyl adjacent to an activating group) is 1. The number of nitrogens with zero attached hydrogens (tertiary/aromatic N) is 5. The number of carbonyl (C=O) groups is 1. The van der Waals surface area contributed by atoms with E-state index in [1.54, 1.807) is 36.3 Å². The molecule has 1 aromatic heterocycles. The molecule has 0 unspecified atom stereocenters. The molecule has 0 radical (unpaired) electrons. The van der Waals surface area contributed by atoms with Crippen molar-refractivity contribution >= 4 is 5.91 Å². The van der Waals surface area contributed by atoms with Gasteiger partial charge in [0, 0.05) is 19.6 Å². The van der Waals surface area contributed by atoms with E-state index in [1.807, 2.05) is 7.05 Å². The molecule has 0 bridgehead atoms. The third-order valence-corrected chi connectivity index (χ3v) is 5.38. The first kappa shape index (κ1) is 18.7. The Kier molecular flexibility index (Phi) is 5.19. The van der Waals surface area contributed by atoms with Crippen LogP contribution < -0.4 is 9.47 Å². The molecule has 4 rings (SSSR count). The van der Waals surface area contributed by atoms with E-state index >= 15 is 0 Å². The minimum Gasteiger partial charge on any atom is -0.497 e. The van der Waals surface area contributed by atoms with Gasteiger partial charge in [0.1, 0.15) is 11.5 Å². The van der Waals surface area contributed by atoms with Gasteiger partial charge in [0.2, 0.25) is 0 Å². The minimum absolute atomic E-state index is 0.0229. The lowest BCUT2D eigenvalue weighted by molar-refractivity contribution is -0.134. The fraction of sp³-hybridized carbons (Fsp3) is 0.526. The van der Waals surface area contributed by atoms with Crippen molar-refractivity contribution in [2.75, 3.05) is 33.9 Å². The number of aliphatic hydroxyl groups excluding tert-OH is 1. The Morgan fingerprint density at radius 2 is 1.96 bits per heavy atom. The molecule has 1 fully saturated rings. The highest BCUT2D eigenvalue weighted by Gasteiger charge is 2.35. The Labute approximate surface area is 163 Å². The van der Waals surface area contributed by atoms with Gasteiger partial charge in [0.25, 0.3) is 5.91 Å². The summed E-state index contributed by atoms with van der Waals surface area (Å²) in [7, 11) is 3.59. The average Bonchev–Trinajstić information content (AvgIpc) is 3.27. The van der Waals surface area contributed by atoms with Gasteiger partial charge in [0.05, 0.1) is 25.8 Å². The summed E-state index contributed by atoms with van der Waals surface area (Å²) in [5.41, 5.74) is 0. The van der Waals surface area contributed by atoms with Crippen LogP contribution in [0.25, 0.3) is 0 Å². The van der Waals surface area contributed by atoms with Gasteiger partial charge in [-0.2, -0.15) is 0 Å². The van der Waals surface area contributed by atoms with Gasteiger partial charge in [-0.1, -0.05) is 0 Å². The Bertz CT molecular complexity index is 837. The zero-order valence-corrected chi connectivity index (χ0v) is 16.1.